The number of hydrogen-bond acceptors (Lipinski definition) is 2. The molecule has 0 bridgehead atoms. The summed E-state index contributed by atoms with van der Waals surface area (Å²) in [4.78, 5) is 0. The van der Waals surface area contributed by atoms with Crippen molar-refractivity contribution in [1.29, 1.82) is 0 Å². The van der Waals surface area contributed by atoms with Gasteiger partial charge in [0, 0.05) is 23.4 Å². The van der Waals surface area contributed by atoms with Crippen LogP contribution in [0.4, 0.5) is 13.2 Å². The van der Waals surface area contributed by atoms with Gasteiger partial charge >= 0.3 is 6.18 Å². The van der Waals surface area contributed by atoms with Crippen LogP contribution in [-0.4, -0.2) is 13.9 Å². The highest BCUT2D eigenvalue weighted by molar-refractivity contribution is 7.48. The molecule has 0 aliphatic carbocycles. The van der Waals surface area contributed by atoms with Crippen LogP contribution < -0.4 is 10.0 Å². The zero-order valence-corrected chi connectivity index (χ0v) is 24.5. The highest BCUT2D eigenvalue weighted by Crippen LogP contribution is 2.53. The van der Waals surface area contributed by atoms with E-state index in [4.69, 9.17) is 9.47 Å². The van der Waals surface area contributed by atoms with Gasteiger partial charge in [-0.2, -0.15) is 13.2 Å². The first kappa shape index (κ1) is 30.6. The van der Waals surface area contributed by atoms with E-state index >= 15 is 0 Å². The number of benzene rings is 2. The van der Waals surface area contributed by atoms with E-state index in [1.165, 1.54) is 12.1 Å². The second-order valence-electron chi connectivity index (χ2n) is 11.9. The summed E-state index contributed by atoms with van der Waals surface area (Å²) in [7, 11) is 1.51. The van der Waals surface area contributed by atoms with Gasteiger partial charge in [-0.15, -0.1) is 0 Å². The van der Waals surface area contributed by atoms with Gasteiger partial charge < -0.3 is 9.47 Å². The van der Waals surface area contributed by atoms with Gasteiger partial charge in [0.05, 0.1) is 5.56 Å². The number of halogens is 3. The predicted octanol–water partition coefficient (Wildman–Crippen LogP) is 9.08. The lowest BCUT2D eigenvalue weighted by Gasteiger charge is -2.37. The summed E-state index contributed by atoms with van der Waals surface area (Å²) in [5.74, 6) is 0.744. The summed E-state index contributed by atoms with van der Waals surface area (Å²) in [5.41, 5.74) is 2.28. The average Bonchev–Trinajstić information content (AvgIpc) is 2.75. The minimum Gasteiger partial charge on any atom is -0.467 e. The average molecular weight is 525 g/mol. The van der Waals surface area contributed by atoms with E-state index in [1.807, 2.05) is 0 Å². The van der Waals surface area contributed by atoms with Crippen molar-refractivity contribution in [2.45, 2.75) is 103 Å². The van der Waals surface area contributed by atoms with E-state index in [2.05, 4.69) is 67.5 Å². The van der Waals surface area contributed by atoms with Crippen molar-refractivity contribution in [3.8, 4) is 5.75 Å². The van der Waals surface area contributed by atoms with E-state index in [9.17, 15) is 13.2 Å². The Morgan fingerprint density at radius 1 is 0.806 bits per heavy atom. The van der Waals surface area contributed by atoms with Crippen LogP contribution in [0.25, 0.3) is 0 Å². The molecule has 2 unspecified atom stereocenters. The summed E-state index contributed by atoms with van der Waals surface area (Å²) in [6, 6.07) is 10.4. The van der Waals surface area contributed by atoms with Gasteiger partial charge in [0.1, 0.15) is 5.75 Å². The smallest absolute Gasteiger partial charge is 0.417 e. The van der Waals surface area contributed by atoms with Gasteiger partial charge in [-0.3, -0.25) is 0 Å². The van der Waals surface area contributed by atoms with Crippen molar-refractivity contribution >= 4 is 13.9 Å². The maximum absolute atomic E-state index is 14.0. The lowest BCUT2D eigenvalue weighted by molar-refractivity contribution is -0.136. The standard InChI is InChI=1S/C30H44F3O2P/c1-10-11-14-17-29(8,36-25-16-13-12-15-22(25)30(31,32)33)24-19-21(27(2,3)4)18-23(28(5,6)7)26(24)35-20-34-9/h12-13,15-16,18-19,36H,10-11,14,17,20H2,1-9H3. The van der Waals surface area contributed by atoms with Crippen LogP contribution in [0.3, 0.4) is 0 Å². The van der Waals surface area contributed by atoms with Gasteiger partial charge in [0.2, 0.25) is 0 Å². The second-order valence-corrected chi connectivity index (χ2v) is 13.8. The molecule has 0 aliphatic rings. The molecule has 0 amide bonds. The molecule has 0 heterocycles. The highest BCUT2D eigenvalue weighted by atomic mass is 31.1. The van der Waals surface area contributed by atoms with Crippen molar-refractivity contribution in [1.82, 2.24) is 0 Å². The van der Waals surface area contributed by atoms with Gasteiger partial charge in [-0.25, -0.2) is 0 Å². The summed E-state index contributed by atoms with van der Waals surface area (Å²) >= 11 is 0. The Morgan fingerprint density at radius 3 is 1.94 bits per heavy atom. The first-order valence-electron chi connectivity index (χ1n) is 12.8. The largest absolute Gasteiger partial charge is 0.467 e. The van der Waals surface area contributed by atoms with Crippen LogP contribution >= 0.6 is 8.58 Å². The Labute approximate surface area is 218 Å². The molecule has 0 fully saturated rings. The van der Waals surface area contributed by atoms with Crippen LogP contribution in [0, 0.1) is 0 Å². The van der Waals surface area contributed by atoms with E-state index < -0.39 is 16.9 Å². The van der Waals surface area contributed by atoms with Crippen molar-refractivity contribution in [3.05, 3.63) is 58.7 Å². The number of ether oxygens (including phenoxy) is 2. The van der Waals surface area contributed by atoms with E-state index in [0.717, 1.165) is 48.1 Å². The molecule has 2 aromatic carbocycles. The number of rotatable bonds is 10. The molecule has 0 N–H and O–H groups in total. The molecule has 0 aromatic heterocycles. The summed E-state index contributed by atoms with van der Waals surface area (Å²) in [6.45, 7) is 17.3. The van der Waals surface area contributed by atoms with E-state index in [0.29, 0.717) is 5.30 Å². The van der Waals surface area contributed by atoms with Crippen molar-refractivity contribution in [2.24, 2.45) is 0 Å². The molecule has 2 rings (SSSR count). The van der Waals surface area contributed by atoms with Gasteiger partial charge in [0.25, 0.3) is 0 Å². The number of methoxy groups -OCH3 is 1. The third-order valence-electron chi connectivity index (χ3n) is 6.60. The number of alkyl halides is 3. The molecule has 0 saturated carbocycles. The predicted molar refractivity (Wildman–Crippen MR) is 147 cm³/mol. The SMILES string of the molecule is CCCCCC(C)(Pc1ccccc1C(F)(F)F)c1cc(C(C)(C)C)cc(C(C)(C)C)c1OCOC. The molecule has 2 nitrogen and oxygen atoms in total. The monoisotopic (exact) mass is 524 g/mol. The fraction of sp³-hybridized carbons (Fsp3) is 0.600. The molecule has 6 heteroatoms. The van der Waals surface area contributed by atoms with Crippen molar-refractivity contribution in [3.63, 3.8) is 0 Å². The highest BCUT2D eigenvalue weighted by Gasteiger charge is 2.39. The first-order valence-corrected chi connectivity index (χ1v) is 13.8. The zero-order chi connectivity index (χ0) is 27.4. The molecule has 0 aliphatic heterocycles. The molecule has 2 atom stereocenters. The maximum Gasteiger partial charge on any atom is 0.417 e. The molecule has 2 aromatic rings. The lowest BCUT2D eigenvalue weighted by Crippen LogP contribution is -2.27. The van der Waals surface area contributed by atoms with Crippen LogP contribution in [0.5, 0.6) is 5.75 Å². The van der Waals surface area contributed by atoms with Gasteiger partial charge in [-0.05, 0) is 34.2 Å². The zero-order valence-electron chi connectivity index (χ0n) is 23.5. The summed E-state index contributed by atoms with van der Waals surface area (Å²) < 4.78 is 53.5. The Balaban J connectivity index is 2.87. The topological polar surface area (TPSA) is 18.5 Å². The fourth-order valence-corrected chi connectivity index (χ4v) is 6.19. The van der Waals surface area contributed by atoms with Crippen LogP contribution in [0.15, 0.2) is 36.4 Å². The van der Waals surface area contributed by atoms with E-state index in [1.54, 1.807) is 19.2 Å². The molecule has 36 heavy (non-hydrogen) atoms. The number of unbranched alkanes of at least 4 members (excludes halogenated alkanes) is 2. The first-order chi connectivity index (χ1) is 16.5. The van der Waals surface area contributed by atoms with E-state index in [-0.39, 0.29) is 26.2 Å². The maximum atomic E-state index is 14.0. The molecule has 0 radical (unpaired) electrons. The number of hydrogen-bond donors (Lipinski definition) is 0. The molecule has 202 valence electrons. The quantitative estimate of drug-likeness (QED) is 0.175. The van der Waals surface area contributed by atoms with Crippen LogP contribution in [0.1, 0.15) is 103 Å². The molecule has 0 saturated heterocycles. The minimum absolute atomic E-state index is 0.0702. The molecule has 0 spiro atoms. The molecular formula is C30H44F3O2P. The van der Waals surface area contributed by atoms with Gasteiger partial charge in [0.15, 0.2) is 6.79 Å². The normalized spacial score (nSPS) is 14.9. The Hall–Kier alpha value is -1.58. The Morgan fingerprint density at radius 2 is 1.42 bits per heavy atom. The summed E-state index contributed by atoms with van der Waals surface area (Å²) in [5, 5.41) is -0.193. The van der Waals surface area contributed by atoms with Crippen molar-refractivity contribution < 1.29 is 22.6 Å². The van der Waals surface area contributed by atoms with Crippen molar-refractivity contribution in [2.75, 3.05) is 13.9 Å². The summed E-state index contributed by atoms with van der Waals surface area (Å²) in [6.07, 6.45) is -0.622. The fourth-order valence-electron chi connectivity index (χ4n) is 4.43. The lowest BCUT2D eigenvalue weighted by atomic mass is 9.76. The Bertz CT molecular complexity index is 1000. The minimum atomic E-state index is -4.40. The Kier molecular flexibility index (Phi) is 10.1. The third kappa shape index (κ3) is 7.71. The van der Waals surface area contributed by atoms with Gasteiger partial charge in [-0.1, -0.05) is 114 Å². The van der Waals surface area contributed by atoms with Crippen LogP contribution in [-0.2, 0) is 26.9 Å². The third-order valence-corrected chi connectivity index (χ3v) is 8.38. The second kappa shape index (κ2) is 11.9. The van der Waals surface area contributed by atoms with Crippen LogP contribution in [0.2, 0.25) is 0 Å². The molecular weight excluding hydrogens is 480 g/mol.